The highest BCUT2D eigenvalue weighted by atomic mass is 35.5. The predicted molar refractivity (Wildman–Crippen MR) is 51.1 cm³/mol. The van der Waals surface area contributed by atoms with E-state index in [1.807, 2.05) is 0 Å². The topological polar surface area (TPSA) is 109 Å². The van der Waals surface area contributed by atoms with Crippen LogP contribution in [0.2, 0.25) is 5.02 Å². The van der Waals surface area contributed by atoms with Crippen molar-refractivity contribution in [1.82, 2.24) is 0 Å². The van der Waals surface area contributed by atoms with Crippen molar-refractivity contribution in [3.05, 3.63) is 23.2 Å². The summed E-state index contributed by atoms with van der Waals surface area (Å²) in [5.74, 6) is 0. The van der Waals surface area contributed by atoms with Gasteiger partial charge < -0.3 is 0 Å². The number of rotatable bonds is 2. The van der Waals surface area contributed by atoms with E-state index in [2.05, 4.69) is 0 Å². The van der Waals surface area contributed by atoms with Crippen LogP contribution in [-0.4, -0.2) is 25.9 Å². The second-order valence-corrected chi connectivity index (χ2v) is 5.76. The summed E-state index contributed by atoms with van der Waals surface area (Å²) in [6.45, 7) is 0. The van der Waals surface area contributed by atoms with E-state index in [0.717, 1.165) is 18.2 Å². The van der Waals surface area contributed by atoms with Crippen LogP contribution in [0.5, 0.6) is 0 Å². The van der Waals surface area contributed by atoms with Crippen LogP contribution in [-0.2, 0) is 20.2 Å². The van der Waals surface area contributed by atoms with Gasteiger partial charge in [0.25, 0.3) is 20.2 Å². The van der Waals surface area contributed by atoms with Gasteiger partial charge in [0, 0.05) is 0 Å². The van der Waals surface area contributed by atoms with Crippen molar-refractivity contribution in [3.63, 3.8) is 0 Å². The van der Waals surface area contributed by atoms with Crippen LogP contribution in [0.4, 0.5) is 0 Å². The smallest absolute Gasteiger partial charge is 0.282 e. The molecule has 1 aromatic carbocycles. The normalized spacial score (nSPS) is 12.7. The van der Waals surface area contributed by atoms with Gasteiger partial charge in [-0.05, 0) is 18.2 Å². The van der Waals surface area contributed by atoms with E-state index in [1.165, 1.54) is 0 Å². The van der Waals surface area contributed by atoms with E-state index < -0.39 is 35.0 Å². The van der Waals surface area contributed by atoms with E-state index in [0.29, 0.717) is 0 Å². The number of halogens is 1. The van der Waals surface area contributed by atoms with Crippen molar-refractivity contribution in [2.24, 2.45) is 0 Å². The first kappa shape index (κ1) is 12.4. The molecule has 15 heavy (non-hydrogen) atoms. The van der Waals surface area contributed by atoms with Crippen molar-refractivity contribution in [3.8, 4) is 0 Å². The molecule has 0 aliphatic rings. The maximum atomic E-state index is 10.7. The van der Waals surface area contributed by atoms with Crippen LogP contribution < -0.4 is 0 Å². The SMILES string of the molecule is O=S(=O)(O)c1ccc(S(=O)(=O)O)c(Cl)c1. The molecule has 0 aliphatic heterocycles. The monoisotopic (exact) mass is 272 g/mol. The van der Waals surface area contributed by atoms with Gasteiger partial charge in [-0.1, -0.05) is 11.6 Å². The number of benzene rings is 1. The Morgan fingerprint density at radius 3 is 1.87 bits per heavy atom. The minimum Gasteiger partial charge on any atom is -0.282 e. The summed E-state index contributed by atoms with van der Waals surface area (Å²) in [6.07, 6.45) is 0. The van der Waals surface area contributed by atoms with Gasteiger partial charge in [-0.15, -0.1) is 0 Å². The van der Waals surface area contributed by atoms with Gasteiger partial charge in [-0.25, -0.2) is 0 Å². The molecule has 0 heterocycles. The molecule has 0 radical (unpaired) electrons. The number of hydrogen-bond donors (Lipinski definition) is 2. The minimum absolute atomic E-state index is 0.493. The zero-order valence-corrected chi connectivity index (χ0v) is 9.34. The first-order valence-electron chi connectivity index (χ1n) is 3.37. The zero-order valence-electron chi connectivity index (χ0n) is 6.95. The van der Waals surface area contributed by atoms with Gasteiger partial charge in [0.2, 0.25) is 0 Å². The van der Waals surface area contributed by atoms with Crippen LogP contribution in [0, 0.1) is 0 Å². The summed E-state index contributed by atoms with van der Waals surface area (Å²) in [5, 5.41) is -0.493. The molecule has 2 N–H and O–H groups in total. The van der Waals surface area contributed by atoms with Gasteiger partial charge in [0.05, 0.1) is 9.92 Å². The Hall–Kier alpha value is -0.670. The Morgan fingerprint density at radius 1 is 1.00 bits per heavy atom. The molecule has 0 aromatic heterocycles. The first-order chi connectivity index (χ1) is 6.62. The van der Waals surface area contributed by atoms with Crippen molar-refractivity contribution in [2.75, 3.05) is 0 Å². The molecule has 0 saturated heterocycles. The molecule has 0 bridgehead atoms. The van der Waals surface area contributed by atoms with Crippen molar-refractivity contribution >= 4 is 31.8 Å². The van der Waals surface area contributed by atoms with Crippen LogP contribution in [0.1, 0.15) is 0 Å². The highest BCUT2D eigenvalue weighted by Gasteiger charge is 2.18. The standard InChI is InChI=1S/C6H5ClO6S2/c7-5-3-4(14(8,9)10)1-2-6(5)15(11,12)13/h1-3H,(H,8,9,10)(H,11,12,13). The highest BCUT2D eigenvalue weighted by molar-refractivity contribution is 7.86. The fourth-order valence-corrected chi connectivity index (χ4v) is 2.44. The molecular weight excluding hydrogens is 268 g/mol. The molecule has 9 heteroatoms. The molecule has 0 atom stereocenters. The molecule has 0 spiro atoms. The fourth-order valence-electron chi connectivity index (χ4n) is 0.851. The third-order valence-electron chi connectivity index (χ3n) is 1.48. The average molecular weight is 273 g/mol. The summed E-state index contributed by atoms with van der Waals surface area (Å²) in [7, 11) is -8.95. The molecule has 6 nitrogen and oxygen atoms in total. The van der Waals surface area contributed by atoms with Crippen LogP contribution in [0.15, 0.2) is 28.0 Å². The van der Waals surface area contributed by atoms with Crippen molar-refractivity contribution in [1.29, 1.82) is 0 Å². The molecule has 1 aromatic rings. The Labute approximate surface area is 91.0 Å². The van der Waals surface area contributed by atoms with E-state index in [-0.39, 0.29) is 0 Å². The lowest BCUT2D eigenvalue weighted by Gasteiger charge is -2.02. The molecular formula is C6H5ClO6S2. The minimum atomic E-state index is -4.50. The molecule has 0 amide bonds. The van der Waals surface area contributed by atoms with Gasteiger partial charge in [-0.3, -0.25) is 9.11 Å². The quantitative estimate of drug-likeness (QED) is 0.772. The summed E-state index contributed by atoms with van der Waals surface area (Å²) < 4.78 is 59.9. The van der Waals surface area contributed by atoms with Gasteiger partial charge in [0.15, 0.2) is 0 Å². The van der Waals surface area contributed by atoms with Crippen molar-refractivity contribution in [2.45, 2.75) is 9.79 Å². The van der Waals surface area contributed by atoms with E-state index in [1.54, 1.807) is 0 Å². The summed E-state index contributed by atoms with van der Waals surface area (Å²) in [5.41, 5.74) is 0. The zero-order chi connectivity index (χ0) is 11.9. The van der Waals surface area contributed by atoms with Gasteiger partial charge in [0.1, 0.15) is 4.90 Å². The maximum absolute atomic E-state index is 10.7. The highest BCUT2D eigenvalue weighted by Crippen LogP contribution is 2.24. The van der Waals surface area contributed by atoms with Gasteiger partial charge in [-0.2, -0.15) is 16.8 Å². The second kappa shape index (κ2) is 3.72. The van der Waals surface area contributed by atoms with E-state index in [9.17, 15) is 16.8 Å². The summed E-state index contributed by atoms with van der Waals surface area (Å²) in [4.78, 5) is -1.18. The average Bonchev–Trinajstić information content (AvgIpc) is 1.99. The third-order valence-corrected chi connectivity index (χ3v) is 3.67. The summed E-state index contributed by atoms with van der Waals surface area (Å²) >= 11 is 5.41. The van der Waals surface area contributed by atoms with Crippen LogP contribution in [0.25, 0.3) is 0 Å². The van der Waals surface area contributed by atoms with E-state index >= 15 is 0 Å². The fraction of sp³-hybridized carbons (Fsp3) is 0. The molecule has 1 rings (SSSR count). The second-order valence-electron chi connectivity index (χ2n) is 2.54. The lowest BCUT2D eigenvalue weighted by Crippen LogP contribution is -2.02. The Balaban J connectivity index is 3.47. The van der Waals surface area contributed by atoms with Crippen molar-refractivity contribution < 1.29 is 25.9 Å². The molecule has 0 unspecified atom stereocenters. The molecule has 0 fully saturated rings. The van der Waals surface area contributed by atoms with E-state index in [4.69, 9.17) is 20.7 Å². The van der Waals surface area contributed by atoms with Crippen LogP contribution in [0.3, 0.4) is 0 Å². The lowest BCUT2D eigenvalue weighted by atomic mass is 10.4. The van der Waals surface area contributed by atoms with Gasteiger partial charge >= 0.3 is 0 Å². The Bertz CT molecular complexity index is 588. The summed E-state index contributed by atoms with van der Waals surface area (Å²) in [6, 6.07) is 2.31. The van der Waals surface area contributed by atoms with Crippen LogP contribution >= 0.6 is 11.6 Å². The maximum Gasteiger partial charge on any atom is 0.296 e. The lowest BCUT2D eigenvalue weighted by molar-refractivity contribution is 0.478. The Morgan fingerprint density at radius 2 is 1.53 bits per heavy atom. The number of hydrogen-bond acceptors (Lipinski definition) is 4. The first-order valence-corrected chi connectivity index (χ1v) is 6.63. The molecule has 0 saturated carbocycles. The molecule has 0 aliphatic carbocycles. The third kappa shape index (κ3) is 2.89. The Kier molecular flexibility index (Phi) is 3.08. The largest absolute Gasteiger partial charge is 0.296 e. The molecule has 84 valence electrons. The predicted octanol–water partition coefficient (Wildman–Crippen LogP) is 0.833.